The Hall–Kier alpha value is 0.580. The van der Waals surface area contributed by atoms with Gasteiger partial charge in [0, 0.05) is 0 Å². The average molecular weight is 211 g/mol. The Morgan fingerprint density at radius 2 is 1.08 bits per heavy atom. The van der Waals surface area contributed by atoms with Gasteiger partial charge in [0.1, 0.15) is 0 Å². The third-order valence-corrected chi connectivity index (χ3v) is 3.83. The molecule has 0 aliphatic carbocycles. The highest BCUT2D eigenvalue weighted by Gasteiger charge is 2.39. The molecule has 0 saturated heterocycles. The first-order valence-corrected chi connectivity index (χ1v) is 5.51. The largest absolute Gasteiger partial charge is 0.118 e. The van der Waals surface area contributed by atoms with Gasteiger partial charge >= 0.3 is 0 Å². The van der Waals surface area contributed by atoms with Gasteiger partial charge in [-0.2, -0.15) is 0 Å². The van der Waals surface area contributed by atoms with Crippen LogP contribution < -0.4 is 0 Å². The predicted octanol–water partition coefficient (Wildman–Crippen LogP) is 4.58. The van der Waals surface area contributed by atoms with Gasteiger partial charge in [0.2, 0.25) is 0 Å². The first kappa shape index (κ1) is 12.6. The average Bonchev–Trinajstić information content (AvgIpc) is 1.86. The molecule has 74 valence electrons. The van der Waals surface area contributed by atoms with Crippen molar-refractivity contribution in [1.29, 1.82) is 0 Å². The molecule has 0 amide bonds. The third-order valence-electron chi connectivity index (χ3n) is 2.53. The lowest BCUT2D eigenvalue weighted by molar-refractivity contribution is 0.401. The molecule has 0 nitrogen and oxygen atoms in total. The summed E-state index contributed by atoms with van der Waals surface area (Å²) in [5, 5.41) is 0. The van der Waals surface area contributed by atoms with Crippen molar-refractivity contribution in [2.45, 2.75) is 63.1 Å². The van der Waals surface area contributed by atoms with Gasteiger partial charge in [0.25, 0.3) is 0 Å². The van der Waals surface area contributed by atoms with E-state index in [2.05, 4.69) is 13.8 Å². The van der Waals surface area contributed by atoms with E-state index in [1.165, 1.54) is 0 Å². The second kappa shape index (κ2) is 4.72. The maximum atomic E-state index is 6.37. The fraction of sp³-hybridized carbons (Fsp3) is 1.00. The molecule has 0 spiro atoms. The Morgan fingerprint density at radius 3 is 1.25 bits per heavy atom. The summed E-state index contributed by atoms with van der Waals surface area (Å²) in [6, 6.07) is 0. The first-order chi connectivity index (χ1) is 5.37. The number of halogens is 2. The van der Waals surface area contributed by atoms with Crippen LogP contribution in [0.3, 0.4) is 0 Å². The molecule has 0 aliphatic heterocycles. The number of hydrogen-bond acceptors (Lipinski definition) is 0. The van der Waals surface area contributed by atoms with Gasteiger partial charge in [-0.25, -0.2) is 0 Å². The lowest BCUT2D eigenvalue weighted by Crippen LogP contribution is -2.40. The summed E-state index contributed by atoms with van der Waals surface area (Å²) in [6.07, 6.45) is 4.14. The maximum absolute atomic E-state index is 6.37. The van der Waals surface area contributed by atoms with Crippen LogP contribution in [0.25, 0.3) is 0 Å². The van der Waals surface area contributed by atoms with Crippen LogP contribution in [-0.4, -0.2) is 9.75 Å². The zero-order valence-corrected chi connectivity index (χ0v) is 10.1. The van der Waals surface area contributed by atoms with Crippen molar-refractivity contribution in [3.8, 4) is 0 Å². The lowest BCUT2D eigenvalue weighted by Gasteiger charge is -2.37. The number of rotatable bonds is 5. The minimum atomic E-state index is -0.265. The summed E-state index contributed by atoms with van der Waals surface area (Å²) in [7, 11) is 0. The van der Waals surface area contributed by atoms with Crippen LogP contribution in [0.5, 0.6) is 0 Å². The van der Waals surface area contributed by atoms with Crippen LogP contribution in [0, 0.1) is 0 Å². The van der Waals surface area contributed by atoms with Crippen molar-refractivity contribution in [1.82, 2.24) is 0 Å². The Balaban J connectivity index is 4.28. The quantitative estimate of drug-likeness (QED) is 0.584. The van der Waals surface area contributed by atoms with Crippen molar-refractivity contribution >= 4 is 23.2 Å². The molecule has 0 aromatic carbocycles. The lowest BCUT2D eigenvalue weighted by atomic mass is 9.86. The summed E-state index contributed by atoms with van der Waals surface area (Å²) >= 11 is 12.7. The molecule has 2 atom stereocenters. The van der Waals surface area contributed by atoms with Gasteiger partial charge in [0.15, 0.2) is 0 Å². The molecule has 0 radical (unpaired) electrons. The Morgan fingerprint density at radius 1 is 0.833 bits per heavy atom. The van der Waals surface area contributed by atoms with E-state index in [1.54, 1.807) is 0 Å². The highest BCUT2D eigenvalue weighted by Crippen LogP contribution is 2.41. The molecule has 0 aromatic rings. The molecule has 0 rings (SSSR count). The highest BCUT2D eigenvalue weighted by molar-refractivity contribution is 6.34. The van der Waals surface area contributed by atoms with E-state index in [9.17, 15) is 0 Å². The minimum absolute atomic E-state index is 0.265. The van der Waals surface area contributed by atoms with Crippen molar-refractivity contribution in [3.63, 3.8) is 0 Å². The summed E-state index contributed by atoms with van der Waals surface area (Å²) in [5.74, 6) is 0. The molecule has 0 aliphatic rings. The van der Waals surface area contributed by atoms with Crippen molar-refractivity contribution in [3.05, 3.63) is 0 Å². The molecule has 0 aromatic heterocycles. The SMILES string of the molecule is CCCC(C)(Cl)C(C)(Cl)CCC. The van der Waals surface area contributed by atoms with Crippen LogP contribution in [0.1, 0.15) is 53.4 Å². The molecule has 0 N–H and O–H groups in total. The summed E-state index contributed by atoms with van der Waals surface area (Å²) in [6.45, 7) is 8.36. The molecular weight excluding hydrogens is 191 g/mol. The van der Waals surface area contributed by atoms with E-state index in [4.69, 9.17) is 23.2 Å². The Labute approximate surface area is 86.6 Å². The van der Waals surface area contributed by atoms with Gasteiger partial charge in [-0.05, 0) is 26.7 Å². The fourth-order valence-electron chi connectivity index (χ4n) is 1.46. The van der Waals surface area contributed by atoms with Gasteiger partial charge in [-0.3, -0.25) is 0 Å². The minimum Gasteiger partial charge on any atom is -0.118 e. The topological polar surface area (TPSA) is 0 Å². The second-order valence-corrected chi connectivity index (χ2v) is 5.56. The maximum Gasteiger partial charge on any atom is 0.0607 e. The van der Waals surface area contributed by atoms with E-state index in [-0.39, 0.29) is 9.75 Å². The number of hydrogen-bond donors (Lipinski definition) is 0. The summed E-state index contributed by atoms with van der Waals surface area (Å²) in [5.41, 5.74) is 0. The van der Waals surface area contributed by atoms with Crippen LogP contribution in [0.4, 0.5) is 0 Å². The van der Waals surface area contributed by atoms with E-state index in [1.807, 2.05) is 13.8 Å². The van der Waals surface area contributed by atoms with Gasteiger partial charge in [0.05, 0.1) is 9.75 Å². The van der Waals surface area contributed by atoms with Gasteiger partial charge < -0.3 is 0 Å². The second-order valence-electron chi connectivity index (χ2n) is 3.89. The van der Waals surface area contributed by atoms with E-state index >= 15 is 0 Å². The smallest absolute Gasteiger partial charge is 0.0607 e. The van der Waals surface area contributed by atoms with Crippen LogP contribution >= 0.6 is 23.2 Å². The van der Waals surface area contributed by atoms with E-state index in [0.717, 1.165) is 25.7 Å². The zero-order chi connectivity index (χ0) is 9.83. The van der Waals surface area contributed by atoms with Crippen molar-refractivity contribution in [2.75, 3.05) is 0 Å². The normalized spacial score (nSPS) is 21.5. The Kier molecular flexibility index (Phi) is 4.94. The fourth-order valence-corrected chi connectivity index (χ4v) is 2.03. The van der Waals surface area contributed by atoms with Crippen LogP contribution in [-0.2, 0) is 0 Å². The predicted molar refractivity (Wildman–Crippen MR) is 58.3 cm³/mol. The molecule has 12 heavy (non-hydrogen) atoms. The standard InChI is InChI=1S/C10H20Cl2/c1-5-7-9(3,11)10(4,12)8-6-2/h5-8H2,1-4H3. The third kappa shape index (κ3) is 3.14. The Bertz CT molecular complexity index is 112. The first-order valence-electron chi connectivity index (χ1n) is 4.75. The molecule has 2 heteroatoms. The van der Waals surface area contributed by atoms with E-state index < -0.39 is 0 Å². The van der Waals surface area contributed by atoms with Crippen molar-refractivity contribution in [2.24, 2.45) is 0 Å². The number of alkyl halides is 2. The van der Waals surface area contributed by atoms with Crippen LogP contribution in [0.15, 0.2) is 0 Å². The molecule has 0 bridgehead atoms. The molecule has 0 fully saturated rings. The van der Waals surface area contributed by atoms with E-state index in [0.29, 0.717) is 0 Å². The van der Waals surface area contributed by atoms with Gasteiger partial charge in [-0.15, -0.1) is 23.2 Å². The molecule has 2 unspecified atom stereocenters. The summed E-state index contributed by atoms with van der Waals surface area (Å²) < 4.78 is 0. The van der Waals surface area contributed by atoms with Crippen molar-refractivity contribution < 1.29 is 0 Å². The van der Waals surface area contributed by atoms with Crippen LogP contribution in [0.2, 0.25) is 0 Å². The highest BCUT2D eigenvalue weighted by atomic mass is 35.5. The molecule has 0 saturated carbocycles. The molecule has 0 heterocycles. The monoisotopic (exact) mass is 210 g/mol. The summed E-state index contributed by atoms with van der Waals surface area (Å²) in [4.78, 5) is -0.529. The van der Waals surface area contributed by atoms with Gasteiger partial charge in [-0.1, -0.05) is 26.7 Å². The molecular formula is C10H20Cl2. The zero-order valence-electron chi connectivity index (χ0n) is 8.58.